The molecule has 20 heavy (non-hydrogen) atoms. The van der Waals surface area contributed by atoms with Gasteiger partial charge in [0.05, 0.1) is 0 Å². The Hall–Kier alpha value is -0.980. The fourth-order valence-electron chi connectivity index (χ4n) is 5.11. The molecule has 2 bridgehead atoms. The van der Waals surface area contributed by atoms with E-state index in [-0.39, 0.29) is 0 Å². The third-order valence-electron chi connectivity index (χ3n) is 6.17. The van der Waals surface area contributed by atoms with Gasteiger partial charge < -0.3 is 5.11 Å². The Morgan fingerprint density at radius 1 is 1.20 bits per heavy atom. The van der Waals surface area contributed by atoms with E-state index in [9.17, 15) is 5.11 Å². The summed E-state index contributed by atoms with van der Waals surface area (Å²) in [5.41, 5.74) is 1.89. The lowest BCUT2D eigenvalue weighted by molar-refractivity contribution is 0.0253. The second kappa shape index (κ2) is 5.42. The standard InChI is InChI=1S/C19H28O/c1-3-4-14(2)18-13-15-9-11-19(18,12-10-15)16-5-7-17(20)8-6-16/h5-8,14-15,18,20H,3-4,9-13H2,1-2H3. The van der Waals surface area contributed by atoms with Crippen LogP contribution in [0.15, 0.2) is 24.3 Å². The van der Waals surface area contributed by atoms with Gasteiger partial charge in [-0.2, -0.15) is 0 Å². The third kappa shape index (κ3) is 2.25. The van der Waals surface area contributed by atoms with E-state index in [1.807, 2.05) is 12.1 Å². The third-order valence-corrected chi connectivity index (χ3v) is 6.17. The van der Waals surface area contributed by atoms with Gasteiger partial charge in [-0.3, -0.25) is 0 Å². The normalized spacial score (nSPS) is 34.1. The molecule has 0 radical (unpaired) electrons. The number of hydrogen-bond donors (Lipinski definition) is 1. The summed E-state index contributed by atoms with van der Waals surface area (Å²) in [7, 11) is 0. The fourth-order valence-corrected chi connectivity index (χ4v) is 5.11. The van der Waals surface area contributed by atoms with Crippen molar-refractivity contribution in [3.05, 3.63) is 29.8 Å². The molecule has 0 aliphatic heterocycles. The Morgan fingerprint density at radius 3 is 2.45 bits per heavy atom. The van der Waals surface area contributed by atoms with Gasteiger partial charge in [0.2, 0.25) is 0 Å². The molecule has 1 heteroatoms. The molecule has 3 aliphatic rings. The molecule has 1 aromatic carbocycles. The van der Waals surface area contributed by atoms with Crippen LogP contribution in [-0.2, 0) is 5.41 Å². The van der Waals surface area contributed by atoms with Crippen molar-refractivity contribution in [2.24, 2.45) is 17.8 Å². The Bertz CT molecular complexity index is 439. The first-order valence-electron chi connectivity index (χ1n) is 8.45. The zero-order valence-electron chi connectivity index (χ0n) is 12.9. The molecule has 0 heterocycles. The van der Waals surface area contributed by atoms with Gasteiger partial charge in [-0.05, 0) is 73.0 Å². The first-order valence-corrected chi connectivity index (χ1v) is 8.45. The molecular weight excluding hydrogens is 244 g/mol. The van der Waals surface area contributed by atoms with E-state index < -0.39 is 0 Å². The molecule has 4 rings (SSSR count). The van der Waals surface area contributed by atoms with Crippen LogP contribution in [0.3, 0.4) is 0 Å². The summed E-state index contributed by atoms with van der Waals surface area (Å²) in [5.74, 6) is 3.06. The summed E-state index contributed by atoms with van der Waals surface area (Å²) in [5, 5.41) is 9.58. The maximum atomic E-state index is 9.58. The maximum absolute atomic E-state index is 9.58. The van der Waals surface area contributed by atoms with E-state index in [4.69, 9.17) is 0 Å². The van der Waals surface area contributed by atoms with Gasteiger partial charge in [-0.1, -0.05) is 38.8 Å². The molecule has 0 saturated heterocycles. The van der Waals surface area contributed by atoms with Crippen molar-refractivity contribution in [3.8, 4) is 5.75 Å². The number of benzene rings is 1. The highest BCUT2D eigenvalue weighted by atomic mass is 16.3. The molecule has 0 spiro atoms. The summed E-state index contributed by atoms with van der Waals surface area (Å²) >= 11 is 0. The van der Waals surface area contributed by atoms with E-state index in [0.29, 0.717) is 11.2 Å². The molecule has 3 aliphatic carbocycles. The fraction of sp³-hybridized carbons (Fsp3) is 0.684. The highest BCUT2D eigenvalue weighted by Crippen LogP contribution is 2.57. The Balaban J connectivity index is 1.94. The van der Waals surface area contributed by atoms with Crippen LogP contribution in [0.25, 0.3) is 0 Å². The van der Waals surface area contributed by atoms with Crippen LogP contribution in [0.1, 0.15) is 64.4 Å². The van der Waals surface area contributed by atoms with E-state index in [1.165, 1.54) is 50.5 Å². The Labute approximate surface area is 123 Å². The first kappa shape index (κ1) is 14.0. The molecule has 1 aromatic rings. The molecule has 0 amide bonds. The lowest BCUT2D eigenvalue weighted by Crippen LogP contribution is -2.48. The Morgan fingerprint density at radius 2 is 1.85 bits per heavy atom. The average Bonchev–Trinajstić information content (AvgIpc) is 2.49. The van der Waals surface area contributed by atoms with Crippen molar-refractivity contribution >= 4 is 0 Å². The van der Waals surface area contributed by atoms with Gasteiger partial charge >= 0.3 is 0 Å². The summed E-state index contributed by atoms with van der Waals surface area (Å²) in [6.45, 7) is 4.78. The minimum absolute atomic E-state index is 0.396. The molecular formula is C19H28O. The molecule has 3 fully saturated rings. The summed E-state index contributed by atoms with van der Waals surface area (Å²) in [6, 6.07) is 8.14. The van der Waals surface area contributed by atoms with Crippen molar-refractivity contribution < 1.29 is 5.11 Å². The van der Waals surface area contributed by atoms with Gasteiger partial charge in [-0.15, -0.1) is 0 Å². The van der Waals surface area contributed by atoms with Gasteiger partial charge in [0.1, 0.15) is 5.75 Å². The van der Waals surface area contributed by atoms with Crippen molar-refractivity contribution in [1.82, 2.24) is 0 Å². The molecule has 1 nitrogen and oxygen atoms in total. The van der Waals surface area contributed by atoms with Crippen LogP contribution in [0.2, 0.25) is 0 Å². The quantitative estimate of drug-likeness (QED) is 0.791. The zero-order chi connectivity index (χ0) is 14.2. The average molecular weight is 272 g/mol. The van der Waals surface area contributed by atoms with Gasteiger partial charge in [0.25, 0.3) is 0 Å². The molecule has 1 N–H and O–H groups in total. The molecule has 3 saturated carbocycles. The second-order valence-corrected chi connectivity index (χ2v) is 7.25. The van der Waals surface area contributed by atoms with Gasteiger partial charge in [-0.25, -0.2) is 0 Å². The van der Waals surface area contributed by atoms with E-state index in [2.05, 4.69) is 26.0 Å². The van der Waals surface area contributed by atoms with E-state index >= 15 is 0 Å². The number of hydrogen-bond acceptors (Lipinski definition) is 1. The van der Waals surface area contributed by atoms with Crippen molar-refractivity contribution in [3.63, 3.8) is 0 Å². The Kier molecular flexibility index (Phi) is 3.79. The number of phenolic OH excluding ortho intramolecular Hbond substituents is 1. The lowest BCUT2D eigenvalue weighted by atomic mass is 9.50. The van der Waals surface area contributed by atoms with Gasteiger partial charge in [0, 0.05) is 0 Å². The first-order chi connectivity index (χ1) is 9.65. The second-order valence-electron chi connectivity index (χ2n) is 7.25. The maximum Gasteiger partial charge on any atom is 0.115 e. The molecule has 110 valence electrons. The summed E-state index contributed by atoms with van der Waals surface area (Å²) in [4.78, 5) is 0. The van der Waals surface area contributed by atoms with E-state index in [1.54, 1.807) is 0 Å². The molecule has 0 aromatic heterocycles. The van der Waals surface area contributed by atoms with Crippen LogP contribution in [0.4, 0.5) is 0 Å². The molecule has 2 atom stereocenters. The highest BCUT2D eigenvalue weighted by molar-refractivity contribution is 5.34. The SMILES string of the molecule is CCCC(C)C1CC2CCC1(c1ccc(O)cc1)CC2. The van der Waals surface area contributed by atoms with Crippen molar-refractivity contribution in [2.75, 3.05) is 0 Å². The zero-order valence-corrected chi connectivity index (χ0v) is 12.9. The van der Waals surface area contributed by atoms with Crippen LogP contribution < -0.4 is 0 Å². The summed E-state index contributed by atoms with van der Waals surface area (Å²) in [6.07, 6.45) is 9.64. The van der Waals surface area contributed by atoms with Crippen LogP contribution in [0, 0.1) is 17.8 Å². The van der Waals surface area contributed by atoms with Gasteiger partial charge in [0.15, 0.2) is 0 Å². The molecule has 2 unspecified atom stereocenters. The minimum atomic E-state index is 0.396. The lowest BCUT2D eigenvalue weighted by Gasteiger charge is -2.55. The number of fused-ring (bicyclic) bond motifs is 3. The van der Waals surface area contributed by atoms with Crippen molar-refractivity contribution in [2.45, 2.75) is 64.2 Å². The number of phenols is 1. The predicted octanol–water partition coefficient (Wildman–Crippen LogP) is 5.28. The largest absolute Gasteiger partial charge is 0.508 e. The van der Waals surface area contributed by atoms with Crippen LogP contribution >= 0.6 is 0 Å². The van der Waals surface area contributed by atoms with Crippen molar-refractivity contribution in [1.29, 1.82) is 0 Å². The van der Waals surface area contributed by atoms with Crippen LogP contribution in [0.5, 0.6) is 5.75 Å². The minimum Gasteiger partial charge on any atom is -0.508 e. The van der Waals surface area contributed by atoms with Crippen LogP contribution in [-0.4, -0.2) is 5.11 Å². The monoisotopic (exact) mass is 272 g/mol. The number of aromatic hydroxyl groups is 1. The highest BCUT2D eigenvalue weighted by Gasteiger charge is 2.49. The summed E-state index contributed by atoms with van der Waals surface area (Å²) < 4.78 is 0. The predicted molar refractivity (Wildman–Crippen MR) is 83.9 cm³/mol. The van der Waals surface area contributed by atoms with E-state index in [0.717, 1.165) is 17.8 Å². The topological polar surface area (TPSA) is 20.2 Å². The number of rotatable bonds is 4. The smallest absolute Gasteiger partial charge is 0.115 e.